The van der Waals surface area contributed by atoms with Crippen molar-refractivity contribution >= 4 is 5.97 Å². The maximum atomic E-state index is 10.6. The zero-order chi connectivity index (χ0) is 10.8. The fraction of sp³-hybridized carbons (Fsp3) is 0.917. The molecule has 1 saturated heterocycles. The molecule has 1 aliphatic carbocycles. The van der Waals surface area contributed by atoms with E-state index in [1.54, 1.807) is 0 Å². The van der Waals surface area contributed by atoms with E-state index in [1.165, 1.54) is 32.4 Å². The highest BCUT2D eigenvalue weighted by molar-refractivity contribution is 5.66. The maximum absolute atomic E-state index is 10.6. The van der Waals surface area contributed by atoms with Crippen molar-refractivity contribution in [3.8, 4) is 0 Å². The van der Waals surface area contributed by atoms with Gasteiger partial charge in [-0.25, -0.2) is 0 Å². The van der Waals surface area contributed by atoms with Crippen LogP contribution in [-0.4, -0.2) is 36.1 Å². The summed E-state index contributed by atoms with van der Waals surface area (Å²) < 4.78 is 0. The molecule has 0 aromatic carbocycles. The molecule has 0 aromatic heterocycles. The molecule has 1 unspecified atom stereocenters. The number of likely N-dealkylation sites (tertiary alicyclic amines) is 1. The smallest absolute Gasteiger partial charge is 0.303 e. The zero-order valence-corrected chi connectivity index (χ0v) is 9.48. The molecule has 0 spiro atoms. The highest BCUT2D eigenvalue weighted by atomic mass is 16.4. The molecule has 15 heavy (non-hydrogen) atoms. The van der Waals surface area contributed by atoms with Crippen molar-refractivity contribution in [2.75, 3.05) is 20.1 Å². The molecule has 1 aliphatic heterocycles. The Labute approximate surface area is 91.5 Å². The van der Waals surface area contributed by atoms with Gasteiger partial charge >= 0.3 is 5.97 Å². The van der Waals surface area contributed by atoms with Crippen molar-refractivity contribution in [1.82, 2.24) is 4.90 Å². The lowest BCUT2D eigenvalue weighted by Gasteiger charge is -2.46. The first-order valence-electron chi connectivity index (χ1n) is 6.07. The molecular formula is C12H21NO2. The summed E-state index contributed by atoms with van der Waals surface area (Å²) in [7, 11) is 2.14. The van der Waals surface area contributed by atoms with Gasteiger partial charge in [-0.2, -0.15) is 0 Å². The molecule has 0 bridgehead atoms. The molecule has 0 radical (unpaired) electrons. The van der Waals surface area contributed by atoms with Crippen LogP contribution in [0.4, 0.5) is 0 Å². The van der Waals surface area contributed by atoms with Gasteiger partial charge in [0.2, 0.25) is 0 Å². The highest BCUT2D eigenvalue weighted by Gasteiger charge is 2.38. The van der Waals surface area contributed by atoms with Gasteiger partial charge < -0.3 is 10.0 Å². The molecule has 1 saturated carbocycles. The Hall–Kier alpha value is -0.570. The number of hydrogen-bond donors (Lipinski definition) is 1. The lowest BCUT2D eigenvalue weighted by atomic mass is 9.67. The van der Waals surface area contributed by atoms with E-state index in [1.807, 2.05) is 0 Å². The molecule has 2 fully saturated rings. The molecule has 0 aromatic rings. The fourth-order valence-electron chi connectivity index (χ4n) is 3.03. The van der Waals surface area contributed by atoms with Crippen molar-refractivity contribution in [2.24, 2.45) is 17.8 Å². The van der Waals surface area contributed by atoms with Crippen LogP contribution in [0.25, 0.3) is 0 Å². The molecule has 2 rings (SSSR count). The average Bonchev–Trinajstić information content (AvgIpc) is 2.03. The second-order valence-electron chi connectivity index (χ2n) is 5.27. The van der Waals surface area contributed by atoms with Crippen LogP contribution in [0.2, 0.25) is 0 Å². The van der Waals surface area contributed by atoms with Crippen molar-refractivity contribution < 1.29 is 9.90 Å². The van der Waals surface area contributed by atoms with Gasteiger partial charge in [0.25, 0.3) is 0 Å². The summed E-state index contributed by atoms with van der Waals surface area (Å²) in [5.74, 6) is 1.67. The lowest BCUT2D eigenvalue weighted by Crippen LogP contribution is -2.50. The van der Waals surface area contributed by atoms with E-state index in [0.29, 0.717) is 12.3 Å². The Morgan fingerprint density at radius 1 is 1.40 bits per heavy atom. The summed E-state index contributed by atoms with van der Waals surface area (Å²) in [6, 6.07) is 0. The van der Waals surface area contributed by atoms with Crippen molar-refractivity contribution in [2.45, 2.75) is 32.1 Å². The van der Waals surface area contributed by atoms with Gasteiger partial charge in [-0.1, -0.05) is 19.3 Å². The standard InChI is InChI=1S/C12H21NO2/c1-13-7-10(8-13)11(5-6-12(14)15)9-3-2-4-9/h9-11H,2-8H2,1H3,(H,14,15). The predicted molar refractivity (Wildman–Crippen MR) is 58.7 cm³/mol. The van der Waals surface area contributed by atoms with E-state index in [0.717, 1.165) is 18.3 Å². The molecule has 1 N–H and O–H groups in total. The third-order valence-electron chi connectivity index (χ3n) is 4.14. The zero-order valence-electron chi connectivity index (χ0n) is 9.48. The second kappa shape index (κ2) is 4.52. The Morgan fingerprint density at radius 2 is 2.07 bits per heavy atom. The average molecular weight is 211 g/mol. The van der Waals surface area contributed by atoms with E-state index in [-0.39, 0.29) is 0 Å². The molecule has 86 valence electrons. The van der Waals surface area contributed by atoms with E-state index in [2.05, 4.69) is 11.9 Å². The summed E-state index contributed by atoms with van der Waals surface area (Å²) in [4.78, 5) is 12.9. The van der Waals surface area contributed by atoms with Crippen LogP contribution in [-0.2, 0) is 4.79 Å². The van der Waals surface area contributed by atoms with Crippen LogP contribution >= 0.6 is 0 Å². The summed E-state index contributed by atoms with van der Waals surface area (Å²) >= 11 is 0. The largest absolute Gasteiger partial charge is 0.481 e. The summed E-state index contributed by atoms with van der Waals surface area (Å²) in [5.41, 5.74) is 0. The monoisotopic (exact) mass is 211 g/mol. The Balaban J connectivity index is 1.82. The third kappa shape index (κ3) is 2.51. The minimum Gasteiger partial charge on any atom is -0.481 e. The van der Waals surface area contributed by atoms with Gasteiger partial charge in [-0.05, 0) is 31.2 Å². The Bertz CT molecular complexity index is 232. The minimum absolute atomic E-state index is 0.362. The first-order valence-corrected chi connectivity index (χ1v) is 6.07. The molecular weight excluding hydrogens is 190 g/mol. The van der Waals surface area contributed by atoms with Crippen molar-refractivity contribution in [3.63, 3.8) is 0 Å². The minimum atomic E-state index is -0.632. The van der Waals surface area contributed by atoms with Crippen LogP contribution in [0.3, 0.4) is 0 Å². The Kier molecular flexibility index (Phi) is 3.29. The van der Waals surface area contributed by atoms with Crippen molar-refractivity contribution in [1.29, 1.82) is 0 Å². The first kappa shape index (κ1) is 10.9. The molecule has 1 atom stereocenters. The van der Waals surface area contributed by atoms with Crippen LogP contribution in [0.5, 0.6) is 0 Å². The fourth-order valence-corrected chi connectivity index (χ4v) is 3.03. The molecule has 1 heterocycles. The summed E-state index contributed by atoms with van der Waals surface area (Å²) in [6.45, 7) is 2.36. The molecule has 2 aliphatic rings. The normalized spacial score (nSPS) is 25.7. The maximum Gasteiger partial charge on any atom is 0.303 e. The third-order valence-corrected chi connectivity index (χ3v) is 4.14. The number of hydrogen-bond acceptors (Lipinski definition) is 2. The molecule has 3 nitrogen and oxygen atoms in total. The Morgan fingerprint density at radius 3 is 2.47 bits per heavy atom. The predicted octanol–water partition coefficient (Wildman–Crippen LogP) is 1.83. The number of carboxylic acid groups (broad SMARTS) is 1. The van der Waals surface area contributed by atoms with E-state index >= 15 is 0 Å². The van der Waals surface area contributed by atoms with E-state index in [9.17, 15) is 4.79 Å². The van der Waals surface area contributed by atoms with Crippen molar-refractivity contribution in [3.05, 3.63) is 0 Å². The van der Waals surface area contributed by atoms with Gasteiger partial charge in [0.15, 0.2) is 0 Å². The van der Waals surface area contributed by atoms with Crippen LogP contribution in [0, 0.1) is 17.8 Å². The number of nitrogens with zero attached hydrogens (tertiary/aromatic N) is 1. The van der Waals surface area contributed by atoms with Gasteiger partial charge in [-0.15, -0.1) is 0 Å². The van der Waals surface area contributed by atoms with Gasteiger partial charge in [0.1, 0.15) is 0 Å². The summed E-state index contributed by atoms with van der Waals surface area (Å²) in [5, 5.41) is 8.75. The first-order chi connectivity index (χ1) is 7.16. The van der Waals surface area contributed by atoms with Crippen LogP contribution < -0.4 is 0 Å². The van der Waals surface area contributed by atoms with Gasteiger partial charge in [0.05, 0.1) is 0 Å². The van der Waals surface area contributed by atoms with Crippen LogP contribution in [0.15, 0.2) is 0 Å². The summed E-state index contributed by atoms with van der Waals surface area (Å²) in [6.07, 6.45) is 5.30. The SMILES string of the molecule is CN1CC(C(CCC(=O)O)C2CCC2)C1. The number of rotatable bonds is 5. The topological polar surface area (TPSA) is 40.5 Å². The number of aliphatic carboxylic acids is 1. The molecule has 0 amide bonds. The number of carboxylic acids is 1. The van der Waals surface area contributed by atoms with E-state index in [4.69, 9.17) is 5.11 Å². The second-order valence-corrected chi connectivity index (χ2v) is 5.27. The number of carbonyl (C=O) groups is 1. The van der Waals surface area contributed by atoms with Gasteiger partial charge in [-0.3, -0.25) is 4.79 Å². The highest BCUT2D eigenvalue weighted by Crippen LogP contribution is 2.42. The van der Waals surface area contributed by atoms with Gasteiger partial charge in [0, 0.05) is 19.5 Å². The quantitative estimate of drug-likeness (QED) is 0.754. The lowest BCUT2D eigenvalue weighted by molar-refractivity contribution is -0.137. The van der Waals surface area contributed by atoms with Crippen LogP contribution in [0.1, 0.15) is 32.1 Å². The van der Waals surface area contributed by atoms with E-state index < -0.39 is 5.97 Å². The molecule has 3 heteroatoms.